The normalized spacial score (nSPS) is 12.6. The fourth-order valence-corrected chi connectivity index (χ4v) is 16.8. The first kappa shape index (κ1) is 68.5. The van der Waals surface area contributed by atoms with Crippen LogP contribution in [0.2, 0.25) is 0 Å². The standard InChI is InChI=1S/C72H110F4S4/c1-7-11-15-19-23-27-29-33-37-40-44-57(43-39-35-31-25-21-17-13-9-3)50-59-52-65(78-56(59)6)61-47-48-62(69(76)68(61)75)66-53-60(70(79-66)67-54-64(74)72(80-67)71-63(73)49-55(5)77-71)51-58(45-41-36-32-26-22-18-14-10-4)46-42-38-34-30-28-24-20-16-12-8-2/h47-49,52-54,57-58H,7-46,50-51H2,1-6H3. The third kappa shape index (κ3) is 24.8. The lowest BCUT2D eigenvalue weighted by Crippen LogP contribution is -2.05. The molecule has 4 heterocycles. The SMILES string of the molecule is CCCCCCCCCCCCC(CCCCCCCCCC)Cc1cc(-c2ccc(-c3cc(CC(CCCCCCCCCC)CCCCCCCCCCCC)c(-c4cc(F)c(-c5sc(C)cc5F)s4)s3)c(F)c2F)sc1C. The number of benzene rings is 1. The van der Waals surface area contributed by atoms with E-state index in [1.807, 2.05) is 6.92 Å². The van der Waals surface area contributed by atoms with E-state index in [4.69, 9.17) is 0 Å². The molecule has 0 nitrogen and oxygen atoms in total. The van der Waals surface area contributed by atoms with Gasteiger partial charge in [-0.3, -0.25) is 0 Å². The van der Waals surface area contributed by atoms with Gasteiger partial charge in [0.1, 0.15) is 11.6 Å². The van der Waals surface area contributed by atoms with E-state index < -0.39 is 23.3 Å². The van der Waals surface area contributed by atoms with Crippen LogP contribution in [0, 0.1) is 49.0 Å². The minimum absolute atomic E-state index is 0.255. The predicted octanol–water partition coefficient (Wildman–Crippen LogP) is 27.8. The number of unbranched alkanes of at least 4 members (excludes halogenated alkanes) is 32. The van der Waals surface area contributed by atoms with Crippen LogP contribution in [0.1, 0.15) is 305 Å². The molecule has 0 spiro atoms. The van der Waals surface area contributed by atoms with Crippen LogP contribution in [0.3, 0.4) is 0 Å². The van der Waals surface area contributed by atoms with E-state index in [1.165, 1.54) is 295 Å². The maximum absolute atomic E-state index is 16.9. The number of aryl methyl sites for hydroxylation is 2. The quantitative estimate of drug-likeness (QED) is 0.0269. The molecule has 0 saturated heterocycles. The monoisotopic (exact) mass is 1180 g/mol. The largest absolute Gasteiger partial charge is 0.205 e. The average molecular weight is 1180 g/mol. The van der Waals surface area contributed by atoms with Gasteiger partial charge in [0, 0.05) is 40.4 Å². The second kappa shape index (κ2) is 40.9. The van der Waals surface area contributed by atoms with E-state index in [2.05, 4.69) is 46.8 Å². The molecule has 2 unspecified atom stereocenters. The highest BCUT2D eigenvalue weighted by Crippen LogP contribution is 2.48. The van der Waals surface area contributed by atoms with Crippen LogP contribution >= 0.6 is 45.3 Å². The number of halogens is 4. The Morgan fingerprint density at radius 3 is 1.01 bits per heavy atom. The molecule has 0 radical (unpaired) electrons. The predicted molar refractivity (Wildman–Crippen MR) is 351 cm³/mol. The smallest absolute Gasteiger partial charge is 0.168 e. The maximum atomic E-state index is 16.9. The fourth-order valence-electron chi connectivity index (χ4n) is 12.3. The van der Waals surface area contributed by atoms with E-state index in [0.717, 1.165) is 50.8 Å². The Bertz CT molecular complexity index is 2380. The topological polar surface area (TPSA) is 0 Å². The minimum atomic E-state index is -0.821. The summed E-state index contributed by atoms with van der Waals surface area (Å²) in [6.07, 6.45) is 53.8. The first-order valence-electron chi connectivity index (χ1n) is 33.3. The molecule has 0 aliphatic heterocycles. The third-order valence-electron chi connectivity index (χ3n) is 17.3. The van der Waals surface area contributed by atoms with Gasteiger partial charge < -0.3 is 0 Å². The van der Waals surface area contributed by atoms with E-state index >= 15 is 17.6 Å². The first-order valence-corrected chi connectivity index (χ1v) is 36.6. The molecule has 0 bridgehead atoms. The van der Waals surface area contributed by atoms with Gasteiger partial charge in [-0.2, -0.15) is 0 Å². The second-order valence-electron chi connectivity index (χ2n) is 24.4. The maximum Gasteiger partial charge on any atom is 0.168 e. The summed E-state index contributed by atoms with van der Waals surface area (Å²) in [6, 6.07) is 10.9. The van der Waals surface area contributed by atoms with Crippen molar-refractivity contribution in [2.24, 2.45) is 11.8 Å². The summed E-state index contributed by atoms with van der Waals surface area (Å²) in [5.74, 6) is -1.41. The van der Waals surface area contributed by atoms with Gasteiger partial charge in [-0.1, -0.05) is 285 Å². The molecular formula is C72H110F4S4. The minimum Gasteiger partial charge on any atom is -0.205 e. The van der Waals surface area contributed by atoms with E-state index in [0.29, 0.717) is 32.0 Å². The highest BCUT2D eigenvalue weighted by molar-refractivity contribution is 7.27. The third-order valence-corrected chi connectivity index (χ3v) is 22.1. The summed E-state index contributed by atoms with van der Waals surface area (Å²) in [7, 11) is 0. The van der Waals surface area contributed by atoms with Crippen LogP contribution in [0.5, 0.6) is 0 Å². The van der Waals surface area contributed by atoms with Gasteiger partial charge in [-0.15, -0.1) is 45.3 Å². The summed E-state index contributed by atoms with van der Waals surface area (Å²) in [5, 5.41) is 0. The van der Waals surface area contributed by atoms with Crippen LogP contribution in [0.25, 0.3) is 40.4 Å². The van der Waals surface area contributed by atoms with Gasteiger partial charge >= 0.3 is 0 Å². The number of rotatable bonds is 48. The van der Waals surface area contributed by atoms with E-state index in [1.54, 1.807) is 29.5 Å². The molecule has 1 aromatic carbocycles. The summed E-state index contributed by atoms with van der Waals surface area (Å²) in [6.45, 7) is 13.1. The zero-order valence-electron chi connectivity index (χ0n) is 51.5. The molecule has 0 amide bonds. The van der Waals surface area contributed by atoms with Gasteiger partial charge in [0.05, 0.1) is 9.75 Å². The lowest BCUT2D eigenvalue weighted by molar-refractivity contribution is 0.399. The van der Waals surface area contributed by atoms with Crippen molar-refractivity contribution in [3.8, 4) is 40.4 Å². The number of hydrogen-bond donors (Lipinski definition) is 0. The Morgan fingerprint density at radius 2 is 0.637 bits per heavy atom. The van der Waals surface area contributed by atoms with Crippen molar-refractivity contribution < 1.29 is 17.6 Å². The van der Waals surface area contributed by atoms with Gasteiger partial charge in [0.15, 0.2) is 11.6 Å². The molecule has 4 aromatic heterocycles. The highest BCUT2D eigenvalue weighted by Gasteiger charge is 2.26. The van der Waals surface area contributed by atoms with Crippen LogP contribution < -0.4 is 0 Å². The van der Waals surface area contributed by atoms with Crippen LogP contribution in [0.4, 0.5) is 17.6 Å². The lowest BCUT2D eigenvalue weighted by atomic mass is 9.88. The van der Waals surface area contributed by atoms with Crippen molar-refractivity contribution >= 4 is 45.3 Å². The molecular weight excluding hydrogens is 1070 g/mol. The van der Waals surface area contributed by atoms with Crippen LogP contribution in [-0.2, 0) is 12.8 Å². The molecule has 80 heavy (non-hydrogen) atoms. The average Bonchev–Trinajstić information content (AvgIpc) is 4.23. The van der Waals surface area contributed by atoms with Gasteiger partial charge in [0.2, 0.25) is 0 Å². The van der Waals surface area contributed by atoms with Crippen molar-refractivity contribution in [2.75, 3.05) is 0 Å². The van der Waals surface area contributed by atoms with Crippen molar-refractivity contribution in [1.29, 1.82) is 0 Å². The summed E-state index contributed by atoms with van der Waals surface area (Å²) >= 11 is 5.60. The van der Waals surface area contributed by atoms with E-state index in [9.17, 15) is 0 Å². The van der Waals surface area contributed by atoms with Crippen molar-refractivity contribution in [1.82, 2.24) is 0 Å². The second-order valence-corrected chi connectivity index (χ2v) is 29.0. The summed E-state index contributed by atoms with van der Waals surface area (Å²) in [5.41, 5.74) is 2.94. The molecule has 0 aliphatic carbocycles. The fraction of sp³-hybridized carbons (Fsp3) is 0.694. The zero-order valence-corrected chi connectivity index (χ0v) is 54.7. The van der Waals surface area contributed by atoms with Crippen molar-refractivity contribution in [2.45, 2.75) is 311 Å². The van der Waals surface area contributed by atoms with Gasteiger partial charge in [-0.05, 0) is 86.1 Å². The Balaban J connectivity index is 1.36. The number of hydrogen-bond acceptors (Lipinski definition) is 4. The molecule has 5 rings (SSSR count). The van der Waals surface area contributed by atoms with Crippen molar-refractivity contribution in [3.63, 3.8) is 0 Å². The Kier molecular flexibility index (Phi) is 35.0. The van der Waals surface area contributed by atoms with E-state index in [-0.39, 0.29) is 5.56 Å². The van der Waals surface area contributed by atoms with Gasteiger partial charge in [-0.25, -0.2) is 17.6 Å². The molecule has 5 aromatic rings. The van der Waals surface area contributed by atoms with Gasteiger partial charge in [0.25, 0.3) is 0 Å². The number of thiophene rings is 4. The van der Waals surface area contributed by atoms with Crippen molar-refractivity contribution in [3.05, 3.63) is 80.5 Å². The molecule has 8 heteroatoms. The zero-order chi connectivity index (χ0) is 57.2. The lowest BCUT2D eigenvalue weighted by Gasteiger charge is -2.17. The Morgan fingerprint density at radius 1 is 0.325 bits per heavy atom. The Labute approximate surface area is 503 Å². The molecule has 0 aliphatic rings. The molecule has 0 fully saturated rings. The summed E-state index contributed by atoms with van der Waals surface area (Å²) < 4.78 is 65.0. The molecule has 0 N–H and O–H groups in total. The van der Waals surface area contributed by atoms with Crippen LogP contribution in [-0.4, -0.2) is 0 Å². The highest BCUT2D eigenvalue weighted by atomic mass is 32.1. The van der Waals surface area contributed by atoms with Crippen LogP contribution in [0.15, 0.2) is 36.4 Å². The first-order chi connectivity index (χ1) is 39.1. The molecule has 2 atom stereocenters. The summed E-state index contributed by atoms with van der Waals surface area (Å²) in [4.78, 5) is 5.73. The molecule has 0 saturated carbocycles. The molecule has 450 valence electrons. The Hall–Kier alpha value is -2.26.